The molecule has 2 saturated heterocycles. The number of hydrogen-bond acceptors (Lipinski definition) is 15. The minimum Gasteiger partial charge on any atom is -0.394 e. The highest BCUT2D eigenvalue weighted by Gasteiger charge is 2.61. The maximum Gasteiger partial charge on any atom is 0.666 e. The standard InChI is InChI=1S/C18H26N7O12P/c19-9-1-3-24(17(30)22-9)15-12(28)11(27)8(35-15)6-33-38(32,37-21)36-14-7(5-26)34-16(13(14)29)25-4-2-10(20)23-18(25)31/h1-4,7-8,11-16,26-29H,5-6H2,21H3,(H3-,19,20,22,23,30,31)/q+1/p+1/t7-,8-,11-,12-,13-,14-,15-,16-,38?/m1/s1. The van der Waals surface area contributed by atoms with Crippen LogP contribution in [0.1, 0.15) is 12.5 Å². The summed E-state index contributed by atoms with van der Waals surface area (Å²) in [6.45, 7) is -1.42. The molecule has 0 bridgehead atoms. The van der Waals surface area contributed by atoms with Crippen LogP contribution in [0.2, 0.25) is 0 Å². The number of quaternary nitrogens is 1. The Morgan fingerprint density at radius 1 is 0.947 bits per heavy atom. The molecule has 38 heavy (non-hydrogen) atoms. The monoisotopic (exact) mass is 564 g/mol. The zero-order chi connectivity index (χ0) is 27.8. The maximum absolute atomic E-state index is 13.1. The third kappa shape index (κ3) is 5.54. The lowest BCUT2D eigenvalue weighted by molar-refractivity contribution is -0.647. The van der Waals surface area contributed by atoms with Crippen LogP contribution in [0.15, 0.2) is 34.1 Å². The predicted molar refractivity (Wildman–Crippen MR) is 121 cm³/mol. The molecule has 4 rings (SSSR count). The van der Waals surface area contributed by atoms with Crippen molar-refractivity contribution in [3.05, 3.63) is 45.5 Å². The highest BCUT2D eigenvalue weighted by molar-refractivity contribution is 7.55. The number of hydrogen-bond donors (Lipinski definition) is 7. The van der Waals surface area contributed by atoms with E-state index in [-0.39, 0.29) is 11.6 Å². The van der Waals surface area contributed by atoms with E-state index >= 15 is 0 Å². The summed E-state index contributed by atoms with van der Waals surface area (Å²) in [5.41, 5.74) is 9.19. The minimum absolute atomic E-state index is 0.0658. The summed E-state index contributed by atoms with van der Waals surface area (Å²) < 4.78 is 27.9. The van der Waals surface area contributed by atoms with E-state index in [2.05, 4.69) is 20.5 Å². The van der Waals surface area contributed by atoms with Gasteiger partial charge < -0.3 is 41.4 Å². The quantitative estimate of drug-likeness (QED) is 0.111. The summed E-state index contributed by atoms with van der Waals surface area (Å²) in [5, 5.41) is 41.2. The van der Waals surface area contributed by atoms with Gasteiger partial charge in [0.2, 0.25) is 0 Å². The number of aliphatic hydroxyl groups excluding tert-OH is 4. The van der Waals surface area contributed by atoms with Gasteiger partial charge in [0, 0.05) is 17.0 Å². The molecule has 0 aromatic carbocycles. The summed E-state index contributed by atoms with van der Waals surface area (Å²) in [7, 11) is -4.64. The Balaban J connectivity index is 1.45. The van der Waals surface area contributed by atoms with Crippen molar-refractivity contribution in [2.75, 3.05) is 24.7 Å². The topological polar surface area (TPSA) is 296 Å². The molecule has 0 aliphatic carbocycles. The summed E-state index contributed by atoms with van der Waals surface area (Å²) in [5.74, 6) is 2.90. The molecule has 9 atom stereocenters. The Kier molecular flexibility index (Phi) is 8.37. The van der Waals surface area contributed by atoms with E-state index in [0.717, 1.165) is 9.13 Å². The first-order chi connectivity index (χ1) is 18.0. The van der Waals surface area contributed by atoms with Crippen LogP contribution in [-0.4, -0.2) is 89.4 Å². The molecule has 0 saturated carbocycles. The lowest BCUT2D eigenvalue weighted by atomic mass is 10.1. The number of rotatable bonds is 9. The van der Waals surface area contributed by atoms with Gasteiger partial charge in [-0.25, -0.2) is 9.59 Å². The van der Waals surface area contributed by atoms with E-state index in [9.17, 15) is 34.9 Å². The summed E-state index contributed by atoms with van der Waals surface area (Å²) in [6.07, 6.45) is -9.45. The molecular formula is C18H27N7O12P+2. The SMILES string of the molecule is Nc1ccn([C@@H]2O[C@H](CO[P+]([O])(O[NH3+])O[C@H]3[C@@H](O)[C@H](n4ccc(N)nc4=O)O[C@@H]3CO)[C@@H](O)[C@H]2O)c(=O)n1. The Bertz CT molecular complexity index is 1250. The molecular weight excluding hydrogens is 537 g/mol. The van der Waals surface area contributed by atoms with Gasteiger partial charge in [-0.1, -0.05) is 0 Å². The number of ether oxygens (including phenoxy) is 2. The van der Waals surface area contributed by atoms with E-state index in [1.807, 2.05) is 0 Å². The van der Waals surface area contributed by atoms with Crippen LogP contribution in [0, 0.1) is 0 Å². The average molecular weight is 564 g/mol. The first-order valence-electron chi connectivity index (χ1n) is 11.0. The average Bonchev–Trinajstić information content (AvgIpc) is 3.33. The van der Waals surface area contributed by atoms with Gasteiger partial charge >= 0.3 is 19.5 Å². The molecule has 4 heterocycles. The molecule has 19 nitrogen and oxygen atoms in total. The van der Waals surface area contributed by atoms with Crippen LogP contribution >= 0.6 is 8.17 Å². The molecule has 20 heteroatoms. The first-order valence-corrected chi connectivity index (χ1v) is 12.5. The van der Waals surface area contributed by atoms with Crippen LogP contribution < -0.4 is 28.7 Å². The lowest BCUT2D eigenvalue weighted by Gasteiger charge is -2.20. The molecule has 1 unspecified atom stereocenters. The van der Waals surface area contributed by atoms with Gasteiger partial charge in [-0.15, -0.1) is 9.05 Å². The molecule has 2 aromatic heterocycles. The fourth-order valence-corrected chi connectivity index (χ4v) is 5.06. The predicted octanol–water partition coefficient (Wildman–Crippen LogP) is -4.78. The van der Waals surface area contributed by atoms with E-state index < -0.39 is 81.8 Å². The van der Waals surface area contributed by atoms with Crippen molar-refractivity contribution in [3.63, 3.8) is 0 Å². The molecule has 11 N–H and O–H groups in total. The second-order valence-electron chi connectivity index (χ2n) is 8.31. The Morgan fingerprint density at radius 3 is 1.97 bits per heavy atom. The number of aromatic nitrogens is 4. The Hall–Kier alpha value is -2.65. The van der Waals surface area contributed by atoms with Crippen LogP contribution in [0.3, 0.4) is 0 Å². The molecule has 2 fully saturated rings. The van der Waals surface area contributed by atoms with Crippen molar-refractivity contribution in [1.29, 1.82) is 0 Å². The van der Waals surface area contributed by atoms with Crippen molar-refractivity contribution < 1.29 is 54.4 Å². The van der Waals surface area contributed by atoms with Crippen LogP contribution in [0.5, 0.6) is 0 Å². The normalized spacial score (nSPS) is 32.9. The fourth-order valence-electron chi connectivity index (χ4n) is 3.97. The van der Waals surface area contributed by atoms with E-state index in [0.29, 0.717) is 0 Å². The maximum atomic E-state index is 13.1. The first kappa shape index (κ1) is 28.4. The fraction of sp³-hybridized carbons (Fsp3) is 0.556. The largest absolute Gasteiger partial charge is 0.666 e. The zero-order valence-corrected chi connectivity index (χ0v) is 20.4. The summed E-state index contributed by atoms with van der Waals surface area (Å²) in [4.78, 5) is 44.4. The van der Waals surface area contributed by atoms with Crippen LogP contribution in [-0.2, 0) is 28.0 Å². The Labute approximate surface area is 213 Å². The van der Waals surface area contributed by atoms with Crippen LogP contribution in [0.4, 0.5) is 11.6 Å². The van der Waals surface area contributed by atoms with Gasteiger partial charge in [0.05, 0.1) is 11.5 Å². The van der Waals surface area contributed by atoms with Gasteiger partial charge in [0.15, 0.2) is 18.6 Å². The van der Waals surface area contributed by atoms with Gasteiger partial charge in [0.1, 0.15) is 48.8 Å². The van der Waals surface area contributed by atoms with Crippen LogP contribution in [0.25, 0.3) is 0 Å². The van der Waals surface area contributed by atoms with E-state index in [1.165, 1.54) is 24.5 Å². The third-order valence-electron chi connectivity index (χ3n) is 5.88. The zero-order valence-electron chi connectivity index (χ0n) is 19.5. The van der Waals surface area contributed by atoms with Crippen molar-refractivity contribution in [1.82, 2.24) is 19.1 Å². The molecule has 2 aromatic rings. The minimum atomic E-state index is -4.64. The molecule has 209 valence electrons. The Morgan fingerprint density at radius 2 is 1.47 bits per heavy atom. The number of nitrogens with two attached hydrogens (primary N) is 2. The highest BCUT2D eigenvalue weighted by atomic mass is 31.2. The van der Waals surface area contributed by atoms with Crippen molar-refractivity contribution in [2.45, 2.75) is 49.1 Å². The molecule has 0 amide bonds. The molecule has 0 spiro atoms. The van der Waals surface area contributed by atoms with Crippen molar-refractivity contribution >= 4 is 19.8 Å². The van der Waals surface area contributed by atoms with Gasteiger partial charge in [0.25, 0.3) is 0 Å². The summed E-state index contributed by atoms with van der Waals surface area (Å²) in [6, 6.07) is 2.55. The van der Waals surface area contributed by atoms with Crippen molar-refractivity contribution in [3.8, 4) is 0 Å². The number of anilines is 2. The number of nitrogen functional groups attached to an aromatic ring is 2. The van der Waals surface area contributed by atoms with E-state index in [4.69, 9.17) is 30.0 Å². The van der Waals surface area contributed by atoms with Gasteiger partial charge in [-0.2, -0.15) is 15.9 Å². The van der Waals surface area contributed by atoms with Gasteiger partial charge in [-0.3, -0.25) is 9.13 Å². The number of nitrogens with zero attached hydrogens (tertiary/aromatic N) is 4. The molecule has 2 aliphatic heterocycles. The lowest BCUT2D eigenvalue weighted by Crippen LogP contribution is -2.50. The van der Waals surface area contributed by atoms with Gasteiger partial charge in [-0.05, 0) is 12.1 Å². The van der Waals surface area contributed by atoms with E-state index in [1.54, 1.807) is 0 Å². The highest BCUT2D eigenvalue weighted by Crippen LogP contribution is 2.60. The summed E-state index contributed by atoms with van der Waals surface area (Å²) >= 11 is 0. The molecule has 2 aliphatic rings. The molecule has 1 radical (unpaired) electrons. The third-order valence-corrected chi connectivity index (χ3v) is 7.17. The second-order valence-corrected chi connectivity index (χ2v) is 9.93. The number of aliphatic hydroxyl groups is 4. The van der Waals surface area contributed by atoms with Crippen molar-refractivity contribution in [2.24, 2.45) is 0 Å². The smallest absolute Gasteiger partial charge is 0.394 e. The second kappa shape index (κ2) is 11.2.